The minimum atomic E-state index is -4.67. The molecule has 0 saturated heterocycles. The van der Waals surface area contributed by atoms with Gasteiger partial charge in [-0.3, -0.25) is 13.9 Å². The van der Waals surface area contributed by atoms with Crippen LogP contribution in [0.4, 0.5) is 18.9 Å². The smallest absolute Gasteiger partial charge is 0.350 e. The number of amides is 2. The maximum atomic E-state index is 13.9. The van der Waals surface area contributed by atoms with Gasteiger partial charge in [0.05, 0.1) is 17.5 Å². The molecule has 0 heterocycles. The maximum absolute atomic E-state index is 13.9. The quantitative estimate of drug-likeness (QED) is 0.220. The molecule has 2 amide bonds. The summed E-state index contributed by atoms with van der Waals surface area (Å²) in [5.41, 5.74) is -0.433. The standard InChI is InChI=1S/C32H36Cl2F3N3O4S/c1-31(2,3)38-30(42)28(18-22-10-6-5-7-11-22)39(21-23-15-16-25(33)20-27(23)34)29(41)14-9-17-40(45(4,43)44)26-13-8-12-24(19-26)32(35,36)37/h5-8,10-13,15-16,19-20,28H,9,14,17-18,21H2,1-4H3,(H,38,42). The molecule has 3 aromatic carbocycles. The Morgan fingerprint density at radius 1 is 0.933 bits per heavy atom. The number of rotatable bonds is 12. The number of nitrogens with one attached hydrogen (secondary N) is 1. The molecule has 0 aliphatic carbocycles. The molecule has 1 atom stereocenters. The van der Waals surface area contributed by atoms with Crippen molar-refractivity contribution in [1.82, 2.24) is 10.2 Å². The van der Waals surface area contributed by atoms with Crippen LogP contribution >= 0.6 is 23.2 Å². The lowest BCUT2D eigenvalue weighted by atomic mass is 10.00. The number of anilines is 1. The number of carbonyl (C=O) groups is 2. The number of alkyl halides is 3. The summed E-state index contributed by atoms with van der Waals surface area (Å²) < 4.78 is 66.1. The van der Waals surface area contributed by atoms with E-state index in [1.807, 2.05) is 51.1 Å². The van der Waals surface area contributed by atoms with Crippen LogP contribution < -0.4 is 9.62 Å². The number of nitrogens with zero attached hydrogens (tertiary/aromatic N) is 2. The molecule has 0 saturated carbocycles. The first-order chi connectivity index (χ1) is 20.8. The molecule has 0 spiro atoms. The summed E-state index contributed by atoms with van der Waals surface area (Å²) in [5.74, 6) is -0.866. The number of sulfonamides is 1. The minimum Gasteiger partial charge on any atom is -0.350 e. The van der Waals surface area contributed by atoms with E-state index < -0.39 is 45.2 Å². The Labute approximate surface area is 272 Å². The third kappa shape index (κ3) is 10.9. The Morgan fingerprint density at radius 2 is 1.60 bits per heavy atom. The van der Waals surface area contributed by atoms with Crippen molar-refractivity contribution in [2.75, 3.05) is 17.1 Å². The Bertz CT molecular complexity index is 1600. The lowest BCUT2D eigenvalue weighted by Crippen LogP contribution is -2.54. The van der Waals surface area contributed by atoms with Gasteiger partial charge >= 0.3 is 6.18 Å². The normalized spacial score (nSPS) is 12.8. The zero-order valence-corrected chi connectivity index (χ0v) is 27.7. The molecule has 0 bridgehead atoms. The van der Waals surface area contributed by atoms with Crippen molar-refractivity contribution < 1.29 is 31.2 Å². The summed E-state index contributed by atoms with van der Waals surface area (Å²) in [6.45, 7) is 5.15. The number of benzene rings is 3. The fraction of sp³-hybridized carbons (Fsp3) is 0.375. The van der Waals surface area contributed by atoms with Crippen molar-refractivity contribution >= 4 is 50.7 Å². The first-order valence-electron chi connectivity index (χ1n) is 14.1. The highest BCUT2D eigenvalue weighted by Gasteiger charge is 2.34. The van der Waals surface area contributed by atoms with Crippen molar-refractivity contribution in [3.8, 4) is 0 Å². The van der Waals surface area contributed by atoms with E-state index in [9.17, 15) is 31.2 Å². The SMILES string of the molecule is CC(C)(C)NC(=O)C(Cc1ccccc1)N(Cc1ccc(Cl)cc1Cl)C(=O)CCCN(c1cccc(C(F)(F)F)c1)S(C)(=O)=O. The molecule has 0 aromatic heterocycles. The molecule has 0 radical (unpaired) electrons. The summed E-state index contributed by atoms with van der Waals surface area (Å²) >= 11 is 12.5. The topological polar surface area (TPSA) is 86.8 Å². The Kier molecular flexibility index (Phi) is 12.0. The molecule has 0 aliphatic rings. The summed E-state index contributed by atoms with van der Waals surface area (Å²) in [7, 11) is -4.00. The van der Waals surface area contributed by atoms with Gasteiger partial charge < -0.3 is 10.2 Å². The molecule has 244 valence electrons. The highest BCUT2D eigenvalue weighted by atomic mass is 35.5. The first kappa shape index (κ1) is 36.2. The van der Waals surface area contributed by atoms with Gasteiger partial charge in [0.15, 0.2) is 0 Å². The third-order valence-corrected chi connectivity index (χ3v) is 8.52. The highest BCUT2D eigenvalue weighted by molar-refractivity contribution is 7.92. The molecule has 3 aromatic rings. The fourth-order valence-corrected chi connectivity index (χ4v) is 6.11. The largest absolute Gasteiger partial charge is 0.416 e. The Balaban J connectivity index is 1.95. The average Bonchev–Trinajstić information content (AvgIpc) is 2.92. The number of hydrogen-bond acceptors (Lipinski definition) is 4. The van der Waals surface area contributed by atoms with E-state index in [4.69, 9.17) is 23.2 Å². The number of carbonyl (C=O) groups excluding carboxylic acids is 2. The highest BCUT2D eigenvalue weighted by Crippen LogP contribution is 2.32. The second-order valence-electron chi connectivity index (χ2n) is 11.7. The van der Waals surface area contributed by atoms with Gasteiger partial charge in [0.25, 0.3) is 0 Å². The van der Waals surface area contributed by atoms with Crippen LogP contribution in [-0.4, -0.2) is 49.5 Å². The zero-order valence-electron chi connectivity index (χ0n) is 25.4. The van der Waals surface area contributed by atoms with Crippen LogP contribution in [0.1, 0.15) is 50.3 Å². The third-order valence-electron chi connectivity index (χ3n) is 6.74. The van der Waals surface area contributed by atoms with Crippen LogP contribution in [0.2, 0.25) is 10.0 Å². The van der Waals surface area contributed by atoms with Crippen molar-refractivity contribution in [2.24, 2.45) is 0 Å². The molecule has 0 aliphatic heterocycles. The van der Waals surface area contributed by atoms with Gasteiger partial charge in [-0.1, -0.05) is 65.7 Å². The molecule has 0 fully saturated rings. The van der Waals surface area contributed by atoms with E-state index in [1.165, 1.54) is 17.0 Å². The van der Waals surface area contributed by atoms with Crippen molar-refractivity contribution in [3.05, 3.63) is 99.5 Å². The molecule has 45 heavy (non-hydrogen) atoms. The van der Waals surface area contributed by atoms with E-state index in [-0.39, 0.29) is 38.0 Å². The molecule has 1 N–H and O–H groups in total. The predicted octanol–water partition coefficient (Wildman–Crippen LogP) is 7.11. The summed E-state index contributed by atoms with van der Waals surface area (Å²) in [6.07, 6.45) is -3.84. The lowest BCUT2D eigenvalue weighted by Gasteiger charge is -2.34. The van der Waals surface area contributed by atoms with Gasteiger partial charge in [0.2, 0.25) is 21.8 Å². The second-order valence-corrected chi connectivity index (χ2v) is 14.4. The Hall–Kier alpha value is -3.28. The van der Waals surface area contributed by atoms with Crippen LogP contribution in [0.15, 0.2) is 72.8 Å². The van der Waals surface area contributed by atoms with Gasteiger partial charge in [-0.25, -0.2) is 8.42 Å². The average molecular weight is 687 g/mol. The van der Waals surface area contributed by atoms with E-state index >= 15 is 0 Å². The van der Waals surface area contributed by atoms with E-state index in [1.54, 1.807) is 12.1 Å². The summed E-state index contributed by atoms with van der Waals surface area (Å²) in [5, 5.41) is 3.64. The summed E-state index contributed by atoms with van der Waals surface area (Å²) in [6, 6.07) is 17.0. The van der Waals surface area contributed by atoms with Gasteiger partial charge in [-0.2, -0.15) is 13.2 Å². The lowest BCUT2D eigenvalue weighted by molar-refractivity contribution is -0.142. The number of hydrogen-bond donors (Lipinski definition) is 1. The Morgan fingerprint density at radius 3 is 2.18 bits per heavy atom. The van der Waals surface area contributed by atoms with Gasteiger partial charge in [-0.05, 0) is 68.7 Å². The summed E-state index contributed by atoms with van der Waals surface area (Å²) in [4.78, 5) is 29.1. The number of halogens is 5. The molecule has 7 nitrogen and oxygen atoms in total. The van der Waals surface area contributed by atoms with Crippen LogP contribution in [0.3, 0.4) is 0 Å². The van der Waals surface area contributed by atoms with Gasteiger partial charge in [0.1, 0.15) is 6.04 Å². The molecular formula is C32H36Cl2F3N3O4S. The molecule has 3 rings (SSSR count). The second kappa shape index (κ2) is 14.9. The zero-order chi connectivity index (χ0) is 33.6. The van der Waals surface area contributed by atoms with E-state index in [0.717, 1.165) is 34.3 Å². The van der Waals surface area contributed by atoms with Gasteiger partial charge in [-0.15, -0.1) is 0 Å². The van der Waals surface area contributed by atoms with Crippen LogP contribution in [0, 0.1) is 0 Å². The monoisotopic (exact) mass is 685 g/mol. The van der Waals surface area contributed by atoms with E-state index in [2.05, 4.69) is 5.32 Å². The predicted molar refractivity (Wildman–Crippen MR) is 172 cm³/mol. The molecule has 13 heteroatoms. The minimum absolute atomic E-state index is 0.0358. The maximum Gasteiger partial charge on any atom is 0.416 e. The van der Waals surface area contributed by atoms with Gasteiger partial charge in [0, 0.05) is 41.5 Å². The van der Waals surface area contributed by atoms with Crippen LogP contribution in [-0.2, 0) is 38.8 Å². The van der Waals surface area contributed by atoms with Crippen molar-refractivity contribution in [3.63, 3.8) is 0 Å². The van der Waals surface area contributed by atoms with Crippen LogP contribution in [0.5, 0.6) is 0 Å². The van der Waals surface area contributed by atoms with Crippen molar-refractivity contribution in [1.29, 1.82) is 0 Å². The first-order valence-corrected chi connectivity index (χ1v) is 16.7. The van der Waals surface area contributed by atoms with E-state index in [0.29, 0.717) is 15.6 Å². The fourth-order valence-electron chi connectivity index (χ4n) is 4.68. The van der Waals surface area contributed by atoms with Crippen molar-refractivity contribution in [2.45, 2.75) is 64.3 Å². The molecular weight excluding hydrogens is 650 g/mol. The molecule has 1 unspecified atom stereocenters. The van der Waals surface area contributed by atoms with Crippen LogP contribution in [0.25, 0.3) is 0 Å².